The molecule has 0 spiro atoms. The van der Waals surface area contributed by atoms with Gasteiger partial charge in [-0.15, -0.1) is 0 Å². The average Bonchev–Trinajstić information content (AvgIpc) is 3.33. The zero-order chi connectivity index (χ0) is 22.0. The van der Waals surface area contributed by atoms with Crippen LogP contribution in [0.4, 0.5) is 10.5 Å². The highest BCUT2D eigenvalue weighted by Gasteiger charge is 2.36. The number of nitrogens with zero attached hydrogens (tertiary/aromatic N) is 1. The summed E-state index contributed by atoms with van der Waals surface area (Å²) in [7, 11) is 0. The number of nitrogens with one attached hydrogen (secondary N) is 1. The first-order valence-electron chi connectivity index (χ1n) is 9.69. The molecule has 1 aromatic heterocycles. The molecule has 31 heavy (non-hydrogen) atoms. The highest BCUT2D eigenvalue weighted by Crippen LogP contribution is 2.33. The summed E-state index contributed by atoms with van der Waals surface area (Å²) >= 11 is 0.794. The van der Waals surface area contributed by atoms with Crippen LogP contribution in [0.25, 0.3) is 17.4 Å². The third kappa shape index (κ3) is 4.46. The molecule has 6 nitrogen and oxygen atoms in total. The van der Waals surface area contributed by atoms with Gasteiger partial charge in [0.1, 0.15) is 18.1 Å². The maximum Gasteiger partial charge on any atom is 0.294 e. The zero-order valence-corrected chi connectivity index (χ0v) is 17.9. The smallest absolute Gasteiger partial charge is 0.294 e. The number of hydrogen-bond donors (Lipinski definition) is 1. The van der Waals surface area contributed by atoms with Crippen LogP contribution in [0.15, 0.2) is 70.0 Å². The fraction of sp³-hybridized carbons (Fsp3) is 0.125. The summed E-state index contributed by atoms with van der Waals surface area (Å²) in [5.41, 5.74) is 3.56. The van der Waals surface area contributed by atoms with Crippen LogP contribution in [0.2, 0.25) is 0 Å². The number of anilines is 1. The first kappa shape index (κ1) is 20.7. The first-order chi connectivity index (χ1) is 14.9. The molecule has 0 bridgehead atoms. The molecule has 2 heterocycles. The highest BCUT2D eigenvalue weighted by atomic mass is 32.2. The molecular weight excluding hydrogens is 412 g/mol. The number of amides is 3. The lowest BCUT2D eigenvalue weighted by molar-refractivity contribution is -0.127. The quantitative estimate of drug-likeness (QED) is 0.558. The van der Waals surface area contributed by atoms with Crippen molar-refractivity contribution in [3.63, 3.8) is 0 Å². The van der Waals surface area contributed by atoms with Gasteiger partial charge in [0.15, 0.2) is 0 Å². The maximum atomic E-state index is 12.7. The van der Waals surface area contributed by atoms with Crippen molar-refractivity contribution in [2.24, 2.45) is 0 Å². The number of imide groups is 1. The van der Waals surface area contributed by atoms with Gasteiger partial charge in [0.2, 0.25) is 5.91 Å². The van der Waals surface area contributed by atoms with E-state index in [0.29, 0.717) is 17.2 Å². The number of rotatable bonds is 5. The van der Waals surface area contributed by atoms with Gasteiger partial charge in [0.05, 0.1) is 4.91 Å². The molecule has 4 rings (SSSR count). The number of thioether (sulfide) groups is 1. The van der Waals surface area contributed by atoms with Crippen LogP contribution < -0.4 is 5.32 Å². The van der Waals surface area contributed by atoms with E-state index in [1.807, 2.05) is 62.4 Å². The van der Waals surface area contributed by atoms with E-state index in [4.69, 9.17) is 4.42 Å². The second kappa shape index (κ2) is 8.65. The van der Waals surface area contributed by atoms with Gasteiger partial charge in [-0.3, -0.25) is 19.3 Å². The van der Waals surface area contributed by atoms with E-state index in [1.54, 1.807) is 12.1 Å². The lowest BCUT2D eigenvalue weighted by Crippen LogP contribution is -2.36. The Bertz CT molecular complexity index is 1200. The third-order valence-electron chi connectivity index (χ3n) is 5.01. The SMILES string of the molecule is Cc1cccc(NC(=O)CN2C(=O)S/C(=C\c3ccc(-c4ccccc4)o3)C2=O)c1C. The first-order valence-corrected chi connectivity index (χ1v) is 10.5. The van der Waals surface area contributed by atoms with E-state index in [0.717, 1.165) is 33.4 Å². The normalized spacial score (nSPS) is 15.0. The van der Waals surface area contributed by atoms with Crippen molar-refractivity contribution in [1.82, 2.24) is 4.90 Å². The Morgan fingerprint density at radius 2 is 1.81 bits per heavy atom. The predicted octanol–water partition coefficient (Wildman–Crippen LogP) is 5.24. The van der Waals surface area contributed by atoms with Crippen molar-refractivity contribution in [1.29, 1.82) is 0 Å². The van der Waals surface area contributed by atoms with Crippen LogP contribution in [-0.2, 0) is 9.59 Å². The molecule has 2 aromatic carbocycles. The van der Waals surface area contributed by atoms with Gasteiger partial charge in [0.25, 0.3) is 11.1 Å². The third-order valence-corrected chi connectivity index (χ3v) is 5.92. The molecule has 1 N–H and O–H groups in total. The van der Waals surface area contributed by atoms with Crippen molar-refractivity contribution >= 4 is 40.6 Å². The molecule has 1 fully saturated rings. The number of benzene rings is 2. The Hall–Kier alpha value is -3.58. The summed E-state index contributed by atoms with van der Waals surface area (Å²) in [5, 5.41) is 2.29. The monoisotopic (exact) mass is 432 g/mol. The molecule has 7 heteroatoms. The van der Waals surface area contributed by atoms with Crippen LogP contribution in [0.1, 0.15) is 16.9 Å². The van der Waals surface area contributed by atoms with Crippen LogP contribution in [0.5, 0.6) is 0 Å². The van der Waals surface area contributed by atoms with Crippen molar-refractivity contribution in [2.75, 3.05) is 11.9 Å². The molecule has 3 amide bonds. The van der Waals surface area contributed by atoms with Gasteiger partial charge in [-0.1, -0.05) is 42.5 Å². The fourth-order valence-corrected chi connectivity index (χ4v) is 3.99. The Morgan fingerprint density at radius 1 is 1.03 bits per heavy atom. The molecule has 0 atom stereocenters. The minimum atomic E-state index is -0.510. The summed E-state index contributed by atoms with van der Waals surface area (Å²) in [6.07, 6.45) is 1.53. The van der Waals surface area contributed by atoms with Crippen LogP contribution in [0.3, 0.4) is 0 Å². The van der Waals surface area contributed by atoms with Crippen LogP contribution in [-0.4, -0.2) is 28.5 Å². The van der Waals surface area contributed by atoms with Gasteiger partial charge in [-0.25, -0.2) is 0 Å². The van der Waals surface area contributed by atoms with Gasteiger partial charge >= 0.3 is 0 Å². The minimum Gasteiger partial charge on any atom is -0.457 e. The van der Waals surface area contributed by atoms with Crippen LogP contribution in [0, 0.1) is 13.8 Å². The van der Waals surface area contributed by atoms with E-state index in [9.17, 15) is 14.4 Å². The van der Waals surface area contributed by atoms with Gasteiger partial charge in [-0.05, 0) is 54.9 Å². The van der Waals surface area contributed by atoms with Gasteiger partial charge in [-0.2, -0.15) is 0 Å². The van der Waals surface area contributed by atoms with Gasteiger partial charge in [0, 0.05) is 17.3 Å². The number of aryl methyl sites for hydroxylation is 1. The molecule has 156 valence electrons. The summed E-state index contributed by atoms with van der Waals surface area (Å²) in [5.74, 6) is 0.188. The summed E-state index contributed by atoms with van der Waals surface area (Å²) in [6, 6.07) is 18.7. The molecule has 0 saturated carbocycles. The van der Waals surface area contributed by atoms with Gasteiger partial charge < -0.3 is 9.73 Å². The Labute approximate surface area is 183 Å². The fourth-order valence-electron chi connectivity index (χ4n) is 3.17. The number of carbonyl (C=O) groups excluding carboxylic acids is 3. The Morgan fingerprint density at radius 3 is 2.58 bits per heavy atom. The van der Waals surface area contributed by atoms with E-state index >= 15 is 0 Å². The molecule has 0 radical (unpaired) electrons. The molecule has 1 aliphatic rings. The second-order valence-electron chi connectivity index (χ2n) is 7.13. The van der Waals surface area contributed by atoms with E-state index in [1.165, 1.54) is 6.08 Å². The zero-order valence-electron chi connectivity index (χ0n) is 17.0. The van der Waals surface area contributed by atoms with Crippen molar-refractivity contribution < 1.29 is 18.8 Å². The second-order valence-corrected chi connectivity index (χ2v) is 8.12. The number of hydrogen-bond acceptors (Lipinski definition) is 5. The summed E-state index contributed by atoms with van der Waals surface area (Å²) in [6.45, 7) is 3.51. The predicted molar refractivity (Wildman–Crippen MR) is 121 cm³/mol. The van der Waals surface area contributed by atoms with Crippen molar-refractivity contribution in [3.05, 3.63) is 82.5 Å². The van der Waals surface area contributed by atoms with E-state index < -0.39 is 17.1 Å². The largest absolute Gasteiger partial charge is 0.457 e. The van der Waals surface area contributed by atoms with Crippen molar-refractivity contribution in [3.8, 4) is 11.3 Å². The summed E-state index contributed by atoms with van der Waals surface area (Å²) in [4.78, 5) is 38.6. The highest BCUT2D eigenvalue weighted by molar-refractivity contribution is 8.18. The lowest BCUT2D eigenvalue weighted by Gasteiger charge is -2.14. The molecule has 1 saturated heterocycles. The Kier molecular flexibility index (Phi) is 5.77. The maximum absolute atomic E-state index is 12.7. The molecular formula is C24H20N2O4S. The average molecular weight is 433 g/mol. The molecule has 0 unspecified atom stereocenters. The Balaban J connectivity index is 1.46. The van der Waals surface area contributed by atoms with E-state index in [2.05, 4.69) is 5.32 Å². The van der Waals surface area contributed by atoms with Crippen LogP contribution >= 0.6 is 11.8 Å². The molecule has 1 aliphatic heterocycles. The molecule has 0 aliphatic carbocycles. The minimum absolute atomic E-state index is 0.221. The standard InChI is InChI=1S/C24H20N2O4S/c1-15-7-6-10-19(16(15)2)25-22(27)14-26-23(28)21(31-24(26)29)13-18-11-12-20(30-18)17-8-4-3-5-9-17/h3-13H,14H2,1-2H3,(H,25,27)/b21-13-. The number of furan rings is 1. The summed E-state index contributed by atoms with van der Waals surface area (Å²) < 4.78 is 5.78. The lowest BCUT2D eigenvalue weighted by atomic mass is 10.1. The van der Waals surface area contributed by atoms with Crippen molar-refractivity contribution in [2.45, 2.75) is 13.8 Å². The van der Waals surface area contributed by atoms with E-state index in [-0.39, 0.29) is 11.4 Å². The number of carbonyl (C=O) groups is 3. The topological polar surface area (TPSA) is 79.6 Å². The molecule has 3 aromatic rings.